The first-order valence-corrected chi connectivity index (χ1v) is 8.43. The molecule has 2 atom stereocenters. The van der Waals surface area contributed by atoms with Crippen molar-refractivity contribution >= 4 is 0 Å². The molecule has 2 aliphatic heterocycles. The second-order valence-corrected chi connectivity index (χ2v) is 6.93. The number of rotatable bonds is 3. The molecule has 1 saturated heterocycles. The molecule has 0 spiro atoms. The van der Waals surface area contributed by atoms with Gasteiger partial charge in [-0.15, -0.1) is 0 Å². The van der Waals surface area contributed by atoms with Gasteiger partial charge in [-0.25, -0.2) is 4.98 Å². The average Bonchev–Trinajstić information content (AvgIpc) is 3.31. The van der Waals surface area contributed by atoms with Crippen molar-refractivity contribution in [2.75, 3.05) is 13.1 Å². The van der Waals surface area contributed by atoms with Crippen LogP contribution in [0.15, 0.2) is 43.1 Å². The Balaban J connectivity index is 1.37. The molecule has 0 saturated carbocycles. The van der Waals surface area contributed by atoms with Crippen LogP contribution in [-0.2, 0) is 20.1 Å². The summed E-state index contributed by atoms with van der Waals surface area (Å²) in [6, 6.07) is 4.13. The molecule has 0 N–H and O–H groups in total. The van der Waals surface area contributed by atoms with Gasteiger partial charge in [0.05, 0.1) is 18.1 Å². The number of likely N-dealkylation sites (tertiary alicyclic amines) is 1. The van der Waals surface area contributed by atoms with Crippen LogP contribution < -0.4 is 0 Å². The monoisotopic (exact) mass is 320 g/mol. The molecule has 24 heavy (non-hydrogen) atoms. The van der Waals surface area contributed by atoms with E-state index >= 15 is 0 Å². The van der Waals surface area contributed by atoms with E-state index in [1.54, 1.807) is 0 Å². The third-order valence-corrected chi connectivity index (χ3v) is 5.29. The van der Waals surface area contributed by atoms with Crippen molar-refractivity contribution in [1.29, 1.82) is 0 Å². The number of fused-ring (bicyclic) bond motifs is 3. The summed E-state index contributed by atoms with van der Waals surface area (Å²) in [6.07, 6.45) is 9.79. The number of aryl methyl sites for hydroxylation is 1. The predicted octanol–water partition coefficient (Wildman–Crippen LogP) is 1.91. The number of imidazole rings is 1. The summed E-state index contributed by atoms with van der Waals surface area (Å²) in [5.74, 6) is 2.48. The molecular weight excluding hydrogens is 300 g/mol. The highest BCUT2D eigenvalue weighted by Crippen LogP contribution is 2.41. The smallest absolute Gasteiger partial charge is 0.113 e. The van der Waals surface area contributed by atoms with Crippen LogP contribution in [0.4, 0.5) is 0 Å². The van der Waals surface area contributed by atoms with Crippen LogP contribution in [0.5, 0.6) is 0 Å². The Morgan fingerprint density at radius 2 is 2.00 bits per heavy atom. The average molecular weight is 320 g/mol. The van der Waals surface area contributed by atoms with Crippen molar-refractivity contribution in [3.8, 4) is 11.3 Å². The van der Waals surface area contributed by atoms with Crippen molar-refractivity contribution in [3.05, 3.63) is 54.5 Å². The minimum atomic E-state index is 0.553. The Morgan fingerprint density at radius 1 is 1.12 bits per heavy atom. The van der Waals surface area contributed by atoms with Crippen molar-refractivity contribution in [3.63, 3.8) is 0 Å². The molecular formula is C18H20N6. The van der Waals surface area contributed by atoms with Gasteiger partial charge in [0.1, 0.15) is 5.82 Å². The largest absolute Gasteiger partial charge is 0.327 e. The molecule has 0 bridgehead atoms. The van der Waals surface area contributed by atoms with Gasteiger partial charge >= 0.3 is 0 Å². The minimum Gasteiger partial charge on any atom is -0.327 e. The van der Waals surface area contributed by atoms with E-state index in [2.05, 4.69) is 37.9 Å². The van der Waals surface area contributed by atoms with Crippen molar-refractivity contribution in [2.24, 2.45) is 13.0 Å². The fraction of sp³-hybridized carbons (Fsp3) is 0.389. The second-order valence-electron chi connectivity index (χ2n) is 6.93. The molecule has 3 aromatic rings. The first-order chi connectivity index (χ1) is 11.8. The lowest BCUT2D eigenvalue weighted by atomic mass is 9.99. The fourth-order valence-electron chi connectivity index (χ4n) is 4.24. The van der Waals surface area contributed by atoms with Crippen LogP contribution in [0.25, 0.3) is 11.3 Å². The van der Waals surface area contributed by atoms with Crippen molar-refractivity contribution < 1.29 is 0 Å². The molecule has 5 rings (SSSR count). The summed E-state index contributed by atoms with van der Waals surface area (Å²) in [6.45, 7) is 4.28. The lowest BCUT2D eigenvalue weighted by Crippen LogP contribution is -2.22. The van der Waals surface area contributed by atoms with Crippen LogP contribution in [0.1, 0.15) is 17.3 Å². The van der Waals surface area contributed by atoms with Gasteiger partial charge in [-0.2, -0.15) is 5.10 Å². The Kier molecular flexibility index (Phi) is 3.06. The highest BCUT2D eigenvalue weighted by Gasteiger charge is 2.42. The molecule has 0 aromatic carbocycles. The lowest BCUT2D eigenvalue weighted by molar-refractivity contribution is 0.306. The van der Waals surface area contributed by atoms with E-state index in [1.165, 1.54) is 22.6 Å². The van der Waals surface area contributed by atoms with Gasteiger partial charge in [0.2, 0.25) is 0 Å². The molecule has 122 valence electrons. The second kappa shape index (κ2) is 5.27. The Morgan fingerprint density at radius 3 is 2.79 bits per heavy atom. The van der Waals surface area contributed by atoms with Crippen LogP contribution in [0.3, 0.4) is 0 Å². The molecule has 1 fully saturated rings. The number of aromatic nitrogens is 5. The predicted molar refractivity (Wildman–Crippen MR) is 90.2 cm³/mol. The normalized spacial score (nSPS) is 22.7. The zero-order chi connectivity index (χ0) is 16.1. The summed E-state index contributed by atoms with van der Waals surface area (Å²) in [4.78, 5) is 11.4. The molecule has 3 aromatic heterocycles. The van der Waals surface area contributed by atoms with E-state index in [0.717, 1.165) is 26.2 Å². The number of hydrogen-bond donors (Lipinski definition) is 0. The zero-order valence-corrected chi connectivity index (χ0v) is 13.7. The van der Waals surface area contributed by atoms with E-state index in [-0.39, 0.29) is 0 Å². The Bertz CT molecular complexity index is 865. The Labute approximate surface area is 140 Å². The van der Waals surface area contributed by atoms with Gasteiger partial charge in [0.15, 0.2) is 0 Å². The summed E-state index contributed by atoms with van der Waals surface area (Å²) >= 11 is 0. The molecule has 0 amide bonds. The first-order valence-electron chi connectivity index (χ1n) is 8.43. The maximum atomic E-state index is 4.76. The lowest BCUT2D eigenvalue weighted by Gasteiger charge is -2.16. The van der Waals surface area contributed by atoms with Gasteiger partial charge < -0.3 is 4.57 Å². The third kappa shape index (κ3) is 2.17. The van der Waals surface area contributed by atoms with Gasteiger partial charge in [0, 0.05) is 74.8 Å². The highest BCUT2D eigenvalue weighted by molar-refractivity contribution is 5.59. The molecule has 0 unspecified atom stereocenters. The standard InChI is InChI=1S/C18H20N6/c1-22-8-13(6-21-22)9-23-10-15-11-24-17(14-2-4-19-5-3-14)7-20-18(24)16(15)12-23/h2-8,15-16H,9-12H2,1H3/t15-,16+/m1/s1. The first kappa shape index (κ1) is 13.9. The maximum absolute atomic E-state index is 4.76. The number of nitrogens with zero attached hydrogens (tertiary/aromatic N) is 6. The zero-order valence-electron chi connectivity index (χ0n) is 13.7. The molecule has 6 heteroatoms. The summed E-state index contributed by atoms with van der Waals surface area (Å²) < 4.78 is 4.28. The van der Waals surface area contributed by atoms with Gasteiger partial charge in [0.25, 0.3) is 0 Å². The van der Waals surface area contributed by atoms with Gasteiger partial charge in [-0.1, -0.05) is 0 Å². The van der Waals surface area contributed by atoms with E-state index in [1.807, 2.05) is 36.5 Å². The van der Waals surface area contributed by atoms with Crippen molar-refractivity contribution in [1.82, 2.24) is 29.2 Å². The van der Waals surface area contributed by atoms with Crippen molar-refractivity contribution in [2.45, 2.75) is 19.0 Å². The fourth-order valence-corrected chi connectivity index (χ4v) is 4.24. The quantitative estimate of drug-likeness (QED) is 0.740. The van der Waals surface area contributed by atoms with Crippen LogP contribution >= 0.6 is 0 Å². The topological polar surface area (TPSA) is 51.8 Å². The summed E-state index contributed by atoms with van der Waals surface area (Å²) in [5, 5.41) is 4.27. The van der Waals surface area contributed by atoms with E-state index in [4.69, 9.17) is 4.98 Å². The molecule has 5 heterocycles. The Hall–Kier alpha value is -2.47. The van der Waals surface area contributed by atoms with Crippen LogP contribution in [0, 0.1) is 5.92 Å². The van der Waals surface area contributed by atoms with E-state index in [9.17, 15) is 0 Å². The van der Waals surface area contributed by atoms with Crippen LogP contribution in [-0.4, -0.2) is 42.3 Å². The number of pyridine rings is 1. The minimum absolute atomic E-state index is 0.553. The molecule has 0 radical (unpaired) electrons. The highest BCUT2D eigenvalue weighted by atomic mass is 15.3. The van der Waals surface area contributed by atoms with Gasteiger partial charge in [-0.3, -0.25) is 14.6 Å². The third-order valence-electron chi connectivity index (χ3n) is 5.29. The van der Waals surface area contributed by atoms with Gasteiger partial charge in [-0.05, 0) is 12.1 Å². The molecule has 0 aliphatic carbocycles. The molecule has 2 aliphatic rings. The van der Waals surface area contributed by atoms with Crippen LogP contribution in [0.2, 0.25) is 0 Å². The molecule has 6 nitrogen and oxygen atoms in total. The summed E-state index contributed by atoms with van der Waals surface area (Å²) in [5.41, 5.74) is 3.72. The van der Waals surface area contributed by atoms with E-state index in [0.29, 0.717) is 11.8 Å². The van der Waals surface area contributed by atoms with E-state index < -0.39 is 0 Å². The SMILES string of the molecule is Cn1cc(CN2C[C@@H]3Cn4c(-c5ccncc5)cnc4[C@H]3C2)cn1. The number of hydrogen-bond acceptors (Lipinski definition) is 4. The maximum Gasteiger partial charge on any atom is 0.113 e. The summed E-state index contributed by atoms with van der Waals surface area (Å²) in [7, 11) is 1.97.